The molecule has 1 heterocycles. The van der Waals surface area contributed by atoms with E-state index in [2.05, 4.69) is 40.8 Å². The fourth-order valence-electron chi connectivity index (χ4n) is 4.86. The molecule has 4 rings (SSSR count). The standard InChI is InChI=1S/C26H20IN5O/c27-22-9-5-4-8-19(22)24-21-13-32(14-23(33)17-6-2-1-3-7-17)11-10-18(21)20(12-28)25(31)26(24,15-29)16-30/h1-10,21,24H,11,13-14,31H2. The van der Waals surface area contributed by atoms with Gasteiger partial charge in [0.25, 0.3) is 0 Å². The first-order valence-corrected chi connectivity index (χ1v) is 11.5. The van der Waals surface area contributed by atoms with Crippen LogP contribution in [0.15, 0.2) is 77.5 Å². The molecule has 0 fully saturated rings. The molecule has 0 radical (unpaired) electrons. The van der Waals surface area contributed by atoms with Crippen LogP contribution in [-0.4, -0.2) is 30.3 Å². The molecule has 6 nitrogen and oxygen atoms in total. The van der Waals surface area contributed by atoms with Gasteiger partial charge >= 0.3 is 0 Å². The van der Waals surface area contributed by atoms with Crippen molar-refractivity contribution in [2.24, 2.45) is 17.1 Å². The lowest BCUT2D eigenvalue weighted by Crippen LogP contribution is -2.49. The zero-order valence-electron chi connectivity index (χ0n) is 17.7. The second-order valence-electron chi connectivity index (χ2n) is 8.18. The van der Waals surface area contributed by atoms with Gasteiger partial charge in [-0.05, 0) is 39.8 Å². The molecule has 2 aromatic carbocycles. The Morgan fingerprint density at radius 1 is 1.09 bits per heavy atom. The number of carbonyl (C=O) groups is 1. The van der Waals surface area contributed by atoms with Crippen molar-refractivity contribution in [1.29, 1.82) is 15.8 Å². The van der Waals surface area contributed by atoms with Crippen molar-refractivity contribution in [2.45, 2.75) is 5.92 Å². The number of nitrogens with two attached hydrogens (primary N) is 1. The maximum absolute atomic E-state index is 12.8. The molecule has 162 valence electrons. The largest absolute Gasteiger partial charge is 0.399 e. The average molecular weight is 545 g/mol. The van der Waals surface area contributed by atoms with Gasteiger partial charge in [-0.2, -0.15) is 15.8 Å². The zero-order chi connectivity index (χ0) is 23.6. The van der Waals surface area contributed by atoms with E-state index in [4.69, 9.17) is 5.73 Å². The molecule has 2 aromatic rings. The Hall–Kier alpha value is -3.45. The highest BCUT2D eigenvalue weighted by Crippen LogP contribution is 2.54. The zero-order valence-corrected chi connectivity index (χ0v) is 19.9. The van der Waals surface area contributed by atoms with Gasteiger partial charge < -0.3 is 5.73 Å². The van der Waals surface area contributed by atoms with Crippen molar-refractivity contribution in [1.82, 2.24) is 4.90 Å². The summed E-state index contributed by atoms with van der Waals surface area (Å²) in [6.07, 6.45) is 1.92. The smallest absolute Gasteiger partial charge is 0.191 e. The molecule has 2 N–H and O–H groups in total. The summed E-state index contributed by atoms with van der Waals surface area (Å²) in [4.78, 5) is 14.8. The van der Waals surface area contributed by atoms with Crippen LogP contribution in [-0.2, 0) is 0 Å². The third-order valence-electron chi connectivity index (χ3n) is 6.44. The van der Waals surface area contributed by atoms with Crippen molar-refractivity contribution in [2.75, 3.05) is 19.6 Å². The van der Waals surface area contributed by atoms with Gasteiger partial charge in [0.2, 0.25) is 0 Å². The van der Waals surface area contributed by atoms with Gasteiger partial charge in [-0.3, -0.25) is 9.69 Å². The molecule has 0 spiro atoms. The summed E-state index contributed by atoms with van der Waals surface area (Å²) in [6.45, 7) is 1.12. The first-order chi connectivity index (χ1) is 16.0. The molecule has 2 aliphatic rings. The number of fused-ring (bicyclic) bond motifs is 1. The number of hydrogen-bond donors (Lipinski definition) is 1. The first-order valence-electron chi connectivity index (χ1n) is 10.4. The fraction of sp³-hybridized carbons (Fsp3) is 0.231. The molecular formula is C26H20IN5O. The van der Waals surface area contributed by atoms with E-state index in [1.807, 2.05) is 53.4 Å². The predicted octanol–water partition coefficient (Wildman–Crippen LogP) is 3.90. The normalized spacial score (nSPS) is 21.7. The Labute approximate surface area is 206 Å². The monoisotopic (exact) mass is 545 g/mol. The van der Waals surface area contributed by atoms with E-state index in [1.54, 1.807) is 12.1 Å². The van der Waals surface area contributed by atoms with Crippen LogP contribution in [0.3, 0.4) is 0 Å². The van der Waals surface area contributed by atoms with E-state index < -0.39 is 11.3 Å². The van der Waals surface area contributed by atoms with Crippen LogP contribution in [0.4, 0.5) is 0 Å². The summed E-state index contributed by atoms with van der Waals surface area (Å²) < 4.78 is 0.917. The van der Waals surface area contributed by atoms with Gasteiger partial charge in [0, 0.05) is 34.1 Å². The molecule has 0 bridgehead atoms. The van der Waals surface area contributed by atoms with Gasteiger partial charge in [0.15, 0.2) is 11.2 Å². The summed E-state index contributed by atoms with van der Waals surface area (Å²) >= 11 is 2.20. The van der Waals surface area contributed by atoms with Gasteiger partial charge in [0.05, 0.1) is 30.0 Å². The lowest BCUT2D eigenvalue weighted by molar-refractivity contribution is 0.0916. The molecule has 7 heteroatoms. The van der Waals surface area contributed by atoms with Crippen LogP contribution < -0.4 is 5.73 Å². The van der Waals surface area contributed by atoms with Crippen LogP contribution >= 0.6 is 22.6 Å². The Morgan fingerprint density at radius 2 is 1.76 bits per heavy atom. The predicted molar refractivity (Wildman–Crippen MR) is 131 cm³/mol. The van der Waals surface area contributed by atoms with Crippen molar-refractivity contribution in [3.05, 3.63) is 92.2 Å². The second kappa shape index (κ2) is 9.19. The number of Topliss-reactive ketones (excluding diaryl/α,β-unsaturated/α-hetero) is 1. The van der Waals surface area contributed by atoms with E-state index in [-0.39, 0.29) is 29.5 Å². The molecule has 2 unspecified atom stereocenters. The minimum atomic E-state index is -1.68. The number of hydrogen-bond acceptors (Lipinski definition) is 6. The molecule has 1 aliphatic heterocycles. The number of ketones is 1. The number of allylic oxidation sites excluding steroid dienone is 2. The van der Waals surface area contributed by atoms with E-state index in [9.17, 15) is 20.6 Å². The SMILES string of the molecule is N#CC1=C(N)C(C#N)(C#N)C(c2ccccc2I)C2CN(CC(=O)c3ccccc3)CC=C12. The Morgan fingerprint density at radius 3 is 2.39 bits per heavy atom. The molecule has 0 saturated heterocycles. The van der Waals surface area contributed by atoms with Crippen molar-refractivity contribution >= 4 is 28.4 Å². The second-order valence-corrected chi connectivity index (χ2v) is 9.34. The highest BCUT2D eigenvalue weighted by molar-refractivity contribution is 14.1. The number of carbonyl (C=O) groups excluding carboxylic acids is 1. The third kappa shape index (κ3) is 3.82. The summed E-state index contributed by atoms with van der Waals surface area (Å²) in [5.41, 5.74) is 7.13. The van der Waals surface area contributed by atoms with Crippen molar-refractivity contribution in [3.8, 4) is 18.2 Å². The van der Waals surface area contributed by atoms with E-state index in [0.717, 1.165) is 14.7 Å². The van der Waals surface area contributed by atoms with Gasteiger partial charge in [-0.15, -0.1) is 0 Å². The number of rotatable bonds is 4. The van der Waals surface area contributed by atoms with Crippen LogP contribution in [0, 0.1) is 48.9 Å². The minimum absolute atomic E-state index is 0.00325. The van der Waals surface area contributed by atoms with E-state index in [1.165, 1.54) is 0 Å². The average Bonchev–Trinajstić information content (AvgIpc) is 2.85. The van der Waals surface area contributed by atoms with Crippen molar-refractivity contribution < 1.29 is 4.79 Å². The fourth-order valence-corrected chi connectivity index (χ4v) is 5.58. The highest BCUT2D eigenvalue weighted by Gasteiger charge is 2.54. The molecule has 1 aliphatic carbocycles. The molecule has 0 aromatic heterocycles. The molecular weight excluding hydrogens is 525 g/mol. The lowest BCUT2D eigenvalue weighted by atomic mass is 9.58. The Kier molecular flexibility index (Phi) is 6.33. The topological polar surface area (TPSA) is 118 Å². The number of nitriles is 3. The summed E-state index contributed by atoms with van der Waals surface area (Å²) in [7, 11) is 0. The highest BCUT2D eigenvalue weighted by atomic mass is 127. The maximum Gasteiger partial charge on any atom is 0.191 e. The Bertz CT molecular complexity index is 1280. The Balaban J connectivity index is 1.81. The van der Waals surface area contributed by atoms with Crippen molar-refractivity contribution in [3.63, 3.8) is 0 Å². The van der Waals surface area contributed by atoms with E-state index in [0.29, 0.717) is 18.7 Å². The molecule has 0 saturated carbocycles. The van der Waals surface area contributed by atoms with Crippen LogP contribution in [0.2, 0.25) is 0 Å². The number of nitrogens with zero attached hydrogens (tertiary/aromatic N) is 4. The number of halogens is 1. The molecule has 2 atom stereocenters. The first kappa shape index (κ1) is 22.7. The summed E-state index contributed by atoms with van der Waals surface area (Å²) in [5, 5.41) is 30.3. The maximum atomic E-state index is 12.8. The van der Waals surface area contributed by atoms with Crippen LogP contribution in [0.5, 0.6) is 0 Å². The van der Waals surface area contributed by atoms with Gasteiger partial charge in [-0.25, -0.2) is 0 Å². The summed E-state index contributed by atoms with van der Waals surface area (Å²) in [6, 6.07) is 23.2. The third-order valence-corrected chi connectivity index (χ3v) is 7.43. The van der Waals surface area contributed by atoms with Crippen LogP contribution in [0.1, 0.15) is 21.8 Å². The van der Waals surface area contributed by atoms with E-state index >= 15 is 0 Å². The van der Waals surface area contributed by atoms with Gasteiger partial charge in [-0.1, -0.05) is 54.6 Å². The summed E-state index contributed by atoms with van der Waals surface area (Å²) in [5.74, 6) is -0.908. The molecule has 0 amide bonds. The minimum Gasteiger partial charge on any atom is -0.399 e. The molecule has 33 heavy (non-hydrogen) atoms. The van der Waals surface area contributed by atoms with Crippen LogP contribution in [0.25, 0.3) is 0 Å². The lowest BCUT2D eigenvalue weighted by Gasteiger charge is -2.45. The quantitative estimate of drug-likeness (QED) is 0.460. The number of benzene rings is 2. The van der Waals surface area contributed by atoms with Gasteiger partial charge in [0.1, 0.15) is 6.07 Å².